The van der Waals surface area contributed by atoms with Gasteiger partial charge in [0.1, 0.15) is 5.75 Å². The summed E-state index contributed by atoms with van der Waals surface area (Å²) < 4.78 is 35.8. The van der Waals surface area contributed by atoms with Crippen LogP contribution < -0.4 is 14.8 Å². The number of rotatable bonds is 5. The molecule has 1 fully saturated rings. The van der Waals surface area contributed by atoms with Crippen LogP contribution in [0.3, 0.4) is 0 Å². The van der Waals surface area contributed by atoms with Crippen molar-refractivity contribution in [3.8, 4) is 5.75 Å². The van der Waals surface area contributed by atoms with Crippen molar-refractivity contribution in [3.63, 3.8) is 0 Å². The number of anilines is 1. The Labute approximate surface area is 148 Å². The summed E-state index contributed by atoms with van der Waals surface area (Å²) in [5.41, 5.74) is 2.68. The van der Waals surface area contributed by atoms with Crippen molar-refractivity contribution in [3.05, 3.63) is 23.3 Å². The number of carbonyl (C=O) groups excluding carboxylic acids is 1. The van der Waals surface area contributed by atoms with Crippen LogP contribution in [0.1, 0.15) is 11.1 Å². The van der Waals surface area contributed by atoms with Crippen LogP contribution in [0.2, 0.25) is 0 Å². The Morgan fingerprint density at radius 1 is 1.36 bits per heavy atom. The lowest BCUT2D eigenvalue weighted by Gasteiger charge is -2.35. The number of nitrogens with zero attached hydrogens (tertiary/aromatic N) is 1. The first-order valence-electron chi connectivity index (χ1n) is 7.96. The van der Waals surface area contributed by atoms with Gasteiger partial charge in [-0.25, -0.2) is 17.9 Å². The summed E-state index contributed by atoms with van der Waals surface area (Å²) in [5, 5.41) is 2.86. The van der Waals surface area contributed by atoms with E-state index in [1.165, 1.54) is 0 Å². The molecule has 1 heterocycles. The largest absolute Gasteiger partial charge is 0.495 e. The van der Waals surface area contributed by atoms with Crippen molar-refractivity contribution >= 4 is 21.7 Å². The highest BCUT2D eigenvalue weighted by atomic mass is 32.2. The van der Waals surface area contributed by atoms with Crippen molar-refractivity contribution < 1.29 is 22.7 Å². The van der Waals surface area contributed by atoms with Crippen LogP contribution in [-0.2, 0) is 14.8 Å². The molecule has 8 nitrogen and oxygen atoms in total. The molecule has 9 heteroatoms. The van der Waals surface area contributed by atoms with Gasteiger partial charge in [0.05, 0.1) is 38.3 Å². The first-order valence-corrected chi connectivity index (χ1v) is 9.85. The van der Waals surface area contributed by atoms with Gasteiger partial charge in [-0.2, -0.15) is 0 Å². The van der Waals surface area contributed by atoms with E-state index in [0.717, 1.165) is 17.4 Å². The van der Waals surface area contributed by atoms with Crippen LogP contribution in [0.5, 0.6) is 5.75 Å². The van der Waals surface area contributed by atoms with Crippen LogP contribution in [0, 0.1) is 13.8 Å². The number of methoxy groups -OCH3 is 1. The number of carbonyl (C=O) groups is 1. The third-order valence-corrected chi connectivity index (χ3v) is 4.82. The topological polar surface area (TPSA) is 97.0 Å². The molecule has 1 aliphatic rings. The highest BCUT2D eigenvalue weighted by Gasteiger charge is 2.28. The molecule has 2 N–H and O–H groups in total. The van der Waals surface area contributed by atoms with Gasteiger partial charge in [0.2, 0.25) is 10.0 Å². The van der Waals surface area contributed by atoms with Crippen molar-refractivity contribution in [2.75, 3.05) is 45.0 Å². The maximum absolute atomic E-state index is 12.7. The molecule has 1 saturated heterocycles. The fraction of sp³-hybridized carbons (Fsp3) is 0.562. The number of aryl methyl sites for hydroxylation is 2. The number of hydrogen-bond donors (Lipinski definition) is 2. The average molecular weight is 371 g/mol. The Morgan fingerprint density at radius 3 is 2.68 bits per heavy atom. The highest BCUT2D eigenvalue weighted by Crippen LogP contribution is 2.28. The third-order valence-electron chi connectivity index (χ3n) is 4.13. The third kappa shape index (κ3) is 5.32. The Balaban J connectivity index is 2.13. The molecule has 0 saturated carbocycles. The van der Waals surface area contributed by atoms with Crippen molar-refractivity contribution in [2.45, 2.75) is 19.9 Å². The minimum absolute atomic E-state index is 0.107. The van der Waals surface area contributed by atoms with Gasteiger partial charge in [0.25, 0.3) is 0 Å². The van der Waals surface area contributed by atoms with Crippen LogP contribution in [-0.4, -0.2) is 65.1 Å². The number of benzene rings is 1. The second-order valence-electron chi connectivity index (χ2n) is 6.11. The highest BCUT2D eigenvalue weighted by molar-refractivity contribution is 7.88. The molecule has 0 bridgehead atoms. The summed E-state index contributed by atoms with van der Waals surface area (Å²) in [7, 11) is -1.79. The minimum Gasteiger partial charge on any atom is -0.495 e. The lowest BCUT2D eigenvalue weighted by atomic mass is 10.1. The number of sulfonamides is 1. The van der Waals surface area contributed by atoms with E-state index < -0.39 is 10.0 Å². The Bertz CT molecular complexity index is 736. The first kappa shape index (κ1) is 19.5. The monoisotopic (exact) mass is 371 g/mol. The average Bonchev–Trinajstić information content (AvgIpc) is 2.55. The van der Waals surface area contributed by atoms with Gasteiger partial charge in [0.15, 0.2) is 0 Å². The zero-order chi connectivity index (χ0) is 18.6. The van der Waals surface area contributed by atoms with E-state index in [1.807, 2.05) is 26.0 Å². The van der Waals surface area contributed by atoms with Crippen LogP contribution in [0.4, 0.5) is 10.5 Å². The number of amides is 2. The summed E-state index contributed by atoms with van der Waals surface area (Å²) >= 11 is 0. The molecule has 0 spiro atoms. The SMILES string of the molecule is COc1cc(C)c(C)cc1NC(=O)N1CCOCC1CNS(C)(=O)=O. The zero-order valence-electron chi connectivity index (χ0n) is 15.0. The van der Waals surface area contributed by atoms with Gasteiger partial charge in [-0.15, -0.1) is 0 Å². The van der Waals surface area contributed by atoms with Crippen molar-refractivity contribution in [1.29, 1.82) is 0 Å². The summed E-state index contributed by atoms with van der Waals surface area (Å²) in [4.78, 5) is 14.3. The van der Waals surface area contributed by atoms with Crippen LogP contribution >= 0.6 is 0 Å². The van der Waals surface area contributed by atoms with Crippen molar-refractivity contribution in [2.24, 2.45) is 0 Å². The maximum Gasteiger partial charge on any atom is 0.322 e. The molecule has 1 unspecified atom stereocenters. The smallest absolute Gasteiger partial charge is 0.322 e. The van der Waals surface area contributed by atoms with Gasteiger partial charge in [-0.3, -0.25) is 0 Å². The molecular weight excluding hydrogens is 346 g/mol. The number of nitrogens with one attached hydrogen (secondary N) is 2. The summed E-state index contributed by atoms with van der Waals surface area (Å²) in [6, 6.07) is 3.04. The molecule has 2 amide bonds. The lowest BCUT2D eigenvalue weighted by Crippen LogP contribution is -2.54. The molecule has 1 aliphatic heterocycles. The second kappa shape index (κ2) is 8.03. The predicted octanol–water partition coefficient (Wildman–Crippen LogP) is 1.09. The number of urea groups is 1. The second-order valence-corrected chi connectivity index (χ2v) is 7.94. The summed E-state index contributed by atoms with van der Waals surface area (Å²) in [6.07, 6.45) is 1.08. The Hall–Kier alpha value is -1.84. The lowest BCUT2D eigenvalue weighted by molar-refractivity contribution is 0.0176. The molecule has 1 aromatic carbocycles. The molecule has 1 aromatic rings. The molecule has 1 atom stereocenters. The fourth-order valence-corrected chi connectivity index (χ4v) is 3.08. The molecule has 25 heavy (non-hydrogen) atoms. The standard InChI is InChI=1S/C16H25N3O5S/c1-11-7-14(15(23-3)8-12(11)2)18-16(20)19-5-6-24-10-13(19)9-17-25(4,21)22/h7-8,13,17H,5-6,9-10H2,1-4H3,(H,18,20). The minimum atomic E-state index is -3.34. The Morgan fingerprint density at radius 2 is 2.04 bits per heavy atom. The fourth-order valence-electron chi connectivity index (χ4n) is 2.58. The van der Waals surface area contributed by atoms with E-state index in [0.29, 0.717) is 24.6 Å². The summed E-state index contributed by atoms with van der Waals surface area (Å²) in [5.74, 6) is 0.579. The molecule has 2 rings (SSSR count). The molecule has 0 aromatic heterocycles. The molecule has 0 aliphatic carbocycles. The normalized spacial score (nSPS) is 18.1. The number of ether oxygens (including phenoxy) is 2. The van der Waals surface area contributed by atoms with E-state index in [-0.39, 0.29) is 25.2 Å². The van der Waals surface area contributed by atoms with Crippen molar-refractivity contribution in [1.82, 2.24) is 9.62 Å². The molecule has 140 valence electrons. The summed E-state index contributed by atoms with van der Waals surface area (Å²) in [6.45, 7) is 5.11. The molecular formula is C16H25N3O5S. The van der Waals surface area contributed by atoms with E-state index in [4.69, 9.17) is 9.47 Å². The van der Waals surface area contributed by atoms with E-state index in [1.54, 1.807) is 12.0 Å². The zero-order valence-corrected chi connectivity index (χ0v) is 15.8. The first-order chi connectivity index (χ1) is 11.7. The van der Waals surface area contributed by atoms with E-state index in [9.17, 15) is 13.2 Å². The van der Waals surface area contributed by atoms with E-state index in [2.05, 4.69) is 10.0 Å². The number of hydrogen-bond acceptors (Lipinski definition) is 5. The Kier molecular flexibility index (Phi) is 6.26. The van der Waals surface area contributed by atoms with Gasteiger partial charge in [0, 0.05) is 13.1 Å². The van der Waals surface area contributed by atoms with Gasteiger partial charge >= 0.3 is 6.03 Å². The molecule has 0 radical (unpaired) electrons. The quantitative estimate of drug-likeness (QED) is 0.808. The van der Waals surface area contributed by atoms with E-state index >= 15 is 0 Å². The van der Waals surface area contributed by atoms with Gasteiger partial charge < -0.3 is 19.7 Å². The van der Waals surface area contributed by atoms with Crippen LogP contribution in [0.25, 0.3) is 0 Å². The maximum atomic E-state index is 12.7. The van der Waals surface area contributed by atoms with Crippen LogP contribution in [0.15, 0.2) is 12.1 Å². The predicted molar refractivity (Wildman–Crippen MR) is 95.6 cm³/mol. The van der Waals surface area contributed by atoms with Gasteiger partial charge in [-0.1, -0.05) is 0 Å². The number of morpholine rings is 1. The van der Waals surface area contributed by atoms with Gasteiger partial charge in [-0.05, 0) is 37.1 Å².